The third-order valence-electron chi connectivity index (χ3n) is 4.88. The second-order valence-electron chi connectivity index (χ2n) is 7.15. The van der Waals surface area contributed by atoms with Gasteiger partial charge in [-0.05, 0) is 49.7 Å². The Labute approximate surface area is 169 Å². The van der Waals surface area contributed by atoms with Gasteiger partial charge in [-0.3, -0.25) is 9.59 Å². The van der Waals surface area contributed by atoms with E-state index in [1.54, 1.807) is 35.2 Å². The summed E-state index contributed by atoms with van der Waals surface area (Å²) in [6.45, 7) is 3.57. The van der Waals surface area contributed by atoms with Crippen molar-refractivity contribution in [2.75, 3.05) is 18.5 Å². The Morgan fingerprint density at radius 3 is 2.66 bits per heavy atom. The van der Waals surface area contributed by atoms with Crippen molar-refractivity contribution in [3.63, 3.8) is 0 Å². The average molecular weight is 393 g/mol. The van der Waals surface area contributed by atoms with Gasteiger partial charge in [0.05, 0.1) is 24.3 Å². The first-order valence-corrected chi connectivity index (χ1v) is 9.39. The molecule has 2 aromatic carbocycles. The molecule has 0 aromatic heterocycles. The highest BCUT2D eigenvalue weighted by Crippen LogP contribution is 2.31. The number of rotatable bonds is 5. The molecule has 150 valence electrons. The zero-order valence-corrected chi connectivity index (χ0v) is 16.3. The van der Waals surface area contributed by atoms with Crippen LogP contribution in [0.3, 0.4) is 0 Å². The van der Waals surface area contributed by atoms with E-state index in [0.29, 0.717) is 16.8 Å². The van der Waals surface area contributed by atoms with E-state index < -0.39 is 12.1 Å². The van der Waals surface area contributed by atoms with E-state index in [-0.39, 0.29) is 31.1 Å². The van der Waals surface area contributed by atoms with Crippen LogP contribution in [0.15, 0.2) is 48.5 Å². The molecule has 1 aliphatic rings. The lowest BCUT2D eigenvalue weighted by atomic mass is 9.98. The van der Waals surface area contributed by atoms with Crippen molar-refractivity contribution in [3.05, 3.63) is 65.2 Å². The van der Waals surface area contributed by atoms with Crippen molar-refractivity contribution in [1.29, 1.82) is 5.26 Å². The van der Waals surface area contributed by atoms with Gasteiger partial charge < -0.3 is 20.1 Å². The summed E-state index contributed by atoms with van der Waals surface area (Å²) in [5.41, 5.74) is 2.22. The van der Waals surface area contributed by atoms with Crippen molar-refractivity contribution in [2.45, 2.75) is 32.0 Å². The van der Waals surface area contributed by atoms with Gasteiger partial charge in [0, 0.05) is 17.3 Å². The lowest BCUT2D eigenvalue weighted by molar-refractivity contribution is -0.164. The SMILES string of the molecule is CC(C)N1C(=O)CO[C@H](c2ccc(NC(=O)c3cccc(C#N)c3)cc2)[C@H]1CO. The van der Waals surface area contributed by atoms with E-state index in [4.69, 9.17) is 10.00 Å². The number of amides is 2. The second-order valence-corrected chi connectivity index (χ2v) is 7.15. The highest BCUT2D eigenvalue weighted by Gasteiger charge is 2.38. The molecule has 1 heterocycles. The van der Waals surface area contributed by atoms with Crippen LogP contribution in [-0.4, -0.2) is 47.1 Å². The molecule has 0 radical (unpaired) electrons. The molecule has 29 heavy (non-hydrogen) atoms. The molecule has 0 unspecified atom stereocenters. The lowest BCUT2D eigenvalue weighted by Crippen LogP contribution is -2.55. The third-order valence-corrected chi connectivity index (χ3v) is 4.88. The van der Waals surface area contributed by atoms with Gasteiger partial charge in [-0.15, -0.1) is 0 Å². The Morgan fingerprint density at radius 1 is 1.31 bits per heavy atom. The number of anilines is 1. The van der Waals surface area contributed by atoms with Crippen LogP contribution in [0.25, 0.3) is 0 Å². The van der Waals surface area contributed by atoms with Crippen molar-refractivity contribution in [2.24, 2.45) is 0 Å². The van der Waals surface area contributed by atoms with Crippen LogP contribution in [0.2, 0.25) is 0 Å². The maximum Gasteiger partial charge on any atom is 0.255 e. The summed E-state index contributed by atoms with van der Waals surface area (Å²) in [7, 11) is 0. The van der Waals surface area contributed by atoms with Gasteiger partial charge in [0.2, 0.25) is 5.91 Å². The standard InChI is InChI=1S/C22H23N3O4/c1-14(2)25-19(12-26)21(29-13-20(25)27)16-6-8-18(9-7-16)24-22(28)17-5-3-4-15(10-17)11-23/h3-10,14,19,21,26H,12-13H2,1-2H3,(H,24,28)/t19-,21-/m1/s1. The zero-order chi connectivity index (χ0) is 21.0. The molecule has 7 heteroatoms. The molecule has 0 saturated carbocycles. The number of nitrogens with zero attached hydrogens (tertiary/aromatic N) is 2. The van der Waals surface area contributed by atoms with Crippen molar-refractivity contribution < 1.29 is 19.4 Å². The number of carbonyl (C=O) groups is 2. The number of aliphatic hydroxyl groups is 1. The first-order valence-electron chi connectivity index (χ1n) is 9.39. The first kappa shape index (κ1) is 20.5. The number of hydrogen-bond donors (Lipinski definition) is 2. The molecule has 0 spiro atoms. The van der Waals surface area contributed by atoms with Gasteiger partial charge in [0.25, 0.3) is 5.91 Å². The first-order chi connectivity index (χ1) is 13.9. The van der Waals surface area contributed by atoms with Gasteiger partial charge >= 0.3 is 0 Å². The monoisotopic (exact) mass is 393 g/mol. The third kappa shape index (κ3) is 4.45. The Morgan fingerprint density at radius 2 is 2.03 bits per heavy atom. The van der Waals surface area contributed by atoms with Gasteiger partial charge in [0.15, 0.2) is 0 Å². The summed E-state index contributed by atoms with van der Waals surface area (Å²) in [5, 5.41) is 21.6. The van der Waals surface area contributed by atoms with E-state index in [2.05, 4.69) is 5.32 Å². The summed E-state index contributed by atoms with van der Waals surface area (Å²) in [5.74, 6) is -0.452. The Kier molecular flexibility index (Phi) is 6.27. The smallest absolute Gasteiger partial charge is 0.255 e. The highest BCUT2D eigenvalue weighted by molar-refractivity contribution is 6.04. The van der Waals surface area contributed by atoms with Crippen molar-refractivity contribution >= 4 is 17.5 Å². The van der Waals surface area contributed by atoms with Gasteiger partial charge in [-0.25, -0.2) is 0 Å². The molecule has 2 N–H and O–H groups in total. The summed E-state index contributed by atoms with van der Waals surface area (Å²) in [6, 6.07) is 15.1. The van der Waals surface area contributed by atoms with E-state index >= 15 is 0 Å². The topological polar surface area (TPSA) is 103 Å². The van der Waals surface area contributed by atoms with E-state index in [9.17, 15) is 14.7 Å². The van der Waals surface area contributed by atoms with Gasteiger partial charge in [-0.2, -0.15) is 5.26 Å². The summed E-state index contributed by atoms with van der Waals surface area (Å²) >= 11 is 0. The maximum absolute atomic E-state index is 12.4. The van der Waals surface area contributed by atoms with Crippen LogP contribution in [0.4, 0.5) is 5.69 Å². The summed E-state index contributed by atoms with van der Waals surface area (Å²) < 4.78 is 5.71. The van der Waals surface area contributed by atoms with E-state index in [0.717, 1.165) is 5.56 Å². The molecule has 2 aromatic rings. The Balaban J connectivity index is 1.75. The zero-order valence-electron chi connectivity index (χ0n) is 16.3. The molecule has 2 atom stereocenters. The normalized spacial score (nSPS) is 19.1. The molecule has 0 bridgehead atoms. The Hall–Kier alpha value is -3.21. The quantitative estimate of drug-likeness (QED) is 0.812. The number of hydrogen-bond acceptors (Lipinski definition) is 5. The number of nitriles is 1. The minimum atomic E-state index is -0.467. The molecule has 0 aliphatic carbocycles. The van der Waals surface area contributed by atoms with Crippen molar-refractivity contribution in [1.82, 2.24) is 4.90 Å². The maximum atomic E-state index is 12.4. The van der Waals surface area contributed by atoms with Crippen LogP contribution in [0.5, 0.6) is 0 Å². The number of benzene rings is 2. The summed E-state index contributed by atoms with van der Waals surface area (Å²) in [6.07, 6.45) is -0.447. The predicted molar refractivity (Wildman–Crippen MR) is 107 cm³/mol. The van der Waals surface area contributed by atoms with Gasteiger partial charge in [-0.1, -0.05) is 18.2 Å². The fourth-order valence-electron chi connectivity index (χ4n) is 3.54. The predicted octanol–water partition coefficient (Wildman–Crippen LogP) is 2.48. The molecule has 1 aliphatic heterocycles. The number of nitrogens with one attached hydrogen (secondary N) is 1. The minimum Gasteiger partial charge on any atom is -0.394 e. The fraction of sp³-hybridized carbons (Fsp3) is 0.318. The Bertz CT molecular complexity index is 934. The number of carbonyl (C=O) groups excluding carboxylic acids is 2. The molecular formula is C22H23N3O4. The van der Waals surface area contributed by atoms with Crippen LogP contribution in [-0.2, 0) is 9.53 Å². The molecular weight excluding hydrogens is 370 g/mol. The fourth-order valence-corrected chi connectivity index (χ4v) is 3.54. The van der Waals surface area contributed by atoms with Crippen molar-refractivity contribution in [3.8, 4) is 6.07 Å². The largest absolute Gasteiger partial charge is 0.394 e. The van der Waals surface area contributed by atoms with E-state index in [1.165, 1.54) is 6.07 Å². The minimum absolute atomic E-state index is 0.0347. The molecule has 2 amide bonds. The molecule has 3 rings (SSSR count). The lowest BCUT2D eigenvalue weighted by Gasteiger charge is -2.42. The average Bonchev–Trinajstić information content (AvgIpc) is 2.73. The van der Waals surface area contributed by atoms with Crippen LogP contribution in [0, 0.1) is 11.3 Å². The van der Waals surface area contributed by atoms with Crippen LogP contribution < -0.4 is 5.32 Å². The summed E-state index contributed by atoms with van der Waals surface area (Å²) in [4.78, 5) is 26.2. The van der Waals surface area contributed by atoms with Gasteiger partial charge in [0.1, 0.15) is 12.7 Å². The van der Waals surface area contributed by atoms with Crippen LogP contribution >= 0.6 is 0 Å². The second kappa shape index (κ2) is 8.86. The highest BCUT2D eigenvalue weighted by atomic mass is 16.5. The number of aliphatic hydroxyl groups excluding tert-OH is 1. The van der Waals surface area contributed by atoms with E-state index in [1.807, 2.05) is 32.0 Å². The van der Waals surface area contributed by atoms with Crippen LogP contribution in [0.1, 0.15) is 41.4 Å². The molecule has 1 fully saturated rings. The molecule has 7 nitrogen and oxygen atoms in total. The number of morpholine rings is 1. The number of ether oxygens (including phenoxy) is 1. The molecule has 1 saturated heterocycles.